The number of aryl methyl sites for hydroxylation is 1. The van der Waals surface area contributed by atoms with Gasteiger partial charge < -0.3 is 9.72 Å². The van der Waals surface area contributed by atoms with E-state index in [1.807, 2.05) is 35.9 Å². The normalized spacial score (nSPS) is 11.1. The van der Waals surface area contributed by atoms with Gasteiger partial charge in [0, 0.05) is 37.9 Å². The number of pyridine rings is 1. The van der Waals surface area contributed by atoms with Crippen LogP contribution in [0, 0.1) is 6.92 Å². The second-order valence-corrected chi connectivity index (χ2v) is 5.03. The molecule has 102 valence electrons. The van der Waals surface area contributed by atoms with E-state index in [0.717, 1.165) is 22.7 Å². The number of halogens is 1. The van der Waals surface area contributed by atoms with Crippen LogP contribution in [0.15, 0.2) is 36.9 Å². The summed E-state index contributed by atoms with van der Waals surface area (Å²) >= 11 is 5.95. The fourth-order valence-corrected chi connectivity index (χ4v) is 2.10. The zero-order valence-electron chi connectivity index (χ0n) is 11.0. The number of hydrogen-bond acceptors (Lipinski definition) is 4. The highest BCUT2D eigenvalue weighted by atomic mass is 35.5. The van der Waals surface area contributed by atoms with E-state index >= 15 is 0 Å². The van der Waals surface area contributed by atoms with Crippen molar-refractivity contribution < 1.29 is 0 Å². The molecule has 0 amide bonds. The van der Waals surface area contributed by atoms with Crippen LogP contribution in [0.25, 0.3) is 5.65 Å². The molecule has 6 heteroatoms. The van der Waals surface area contributed by atoms with Gasteiger partial charge in [0.05, 0.1) is 22.1 Å². The van der Waals surface area contributed by atoms with E-state index in [0.29, 0.717) is 18.1 Å². The Labute approximate surface area is 121 Å². The summed E-state index contributed by atoms with van der Waals surface area (Å²) in [6.07, 6.45) is 7.36. The molecule has 0 bridgehead atoms. The van der Waals surface area contributed by atoms with Crippen molar-refractivity contribution in [1.29, 1.82) is 0 Å². The van der Waals surface area contributed by atoms with Gasteiger partial charge in [0.25, 0.3) is 0 Å². The lowest BCUT2D eigenvalue weighted by molar-refractivity contribution is 0.666. The molecular weight excluding hydrogens is 274 g/mol. The molecule has 3 aromatic rings. The summed E-state index contributed by atoms with van der Waals surface area (Å²) in [6, 6.07) is 3.74. The molecule has 3 heterocycles. The van der Waals surface area contributed by atoms with Gasteiger partial charge in [0.1, 0.15) is 5.65 Å². The van der Waals surface area contributed by atoms with Crippen LogP contribution in [0.5, 0.6) is 0 Å². The van der Waals surface area contributed by atoms with Crippen LogP contribution in [0.4, 0.5) is 0 Å². The summed E-state index contributed by atoms with van der Waals surface area (Å²) in [7, 11) is 0. The fraction of sp³-hybridized carbons (Fsp3) is 0.214. The first-order valence-electron chi connectivity index (χ1n) is 6.32. The smallest absolute Gasteiger partial charge is 0.137 e. The Bertz CT molecular complexity index is 720. The van der Waals surface area contributed by atoms with E-state index in [2.05, 4.69) is 20.3 Å². The molecule has 0 aliphatic heterocycles. The van der Waals surface area contributed by atoms with Crippen molar-refractivity contribution in [3.05, 3.63) is 59.0 Å². The second-order valence-electron chi connectivity index (χ2n) is 4.60. The summed E-state index contributed by atoms with van der Waals surface area (Å²) < 4.78 is 1.92. The van der Waals surface area contributed by atoms with Crippen molar-refractivity contribution in [3.8, 4) is 0 Å². The van der Waals surface area contributed by atoms with Crippen LogP contribution in [-0.4, -0.2) is 19.4 Å². The predicted molar refractivity (Wildman–Crippen MR) is 77.5 cm³/mol. The molecule has 0 aliphatic carbocycles. The third-order valence-electron chi connectivity index (χ3n) is 2.91. The number of aromatic nitrogens is 4. The highest BCUT2D eigenvalue weighted by molar-refractivity contribution is 6.30. The summed E-state index contributed by atoms with van der Waals surface area (Å²) in [5.74, 6) is 0. The Morgan fingerprint density at radius 3 is 2.75 bits per heavy atom. The molecule has 0 atom stereocenters. The monoisotopic (exact) mass is 287 g/mol. The minimum Gasteiger partial charge on any atom is -0.305 e. The average molecular weight is 288 g/mol. The molecule has 20 heavy (non-hydrogen) atoms. The summed E-state index contributed by atoms with van der Waals surface area (Å²) in [6.45, 7) is 3.27. The number of imidazole rings is 1. The van der Waals surface area contributed by atoms with Crippen LogP contribution in [0.2, 0.25) is 5.02 Å². The number of nitrogens with one attached hydrogen (secondary N) is 1. The van der Waals surface area contributed by atoms with Crippen LogP contribution in [-0.2, 0) is 13.1 Å². The molecule has 0 saturated carbocycles. The zero-order valence-corrected chi connectivity index (χ0v) is 11.8. The highest BCUT2D eigenvalue weighted by Crippen LogP contribution is 2.11. The van der Waals surface area contributed by atoms with Crippen molar-refractivity contribution in [3.63, 3.8) is 0 Å². The standard InChI is InChI=1S/C14H14ClN5/c1-10-4-18-12(7-17-10)5-16-6-13-9-20-8-11(15)2-3-14(20)19-13/h2-4,7-9,16H,5-6H2,1H3. The summed E-state index contributed by atoms with van der Waals surface area (Å²) in [5, 5.41) is 4.00. The van der Waals surface area contributed by atoms with Crippen molar-refractivity contribution in [2.75, 3.05) is 0 Å². The van der Waals surface area contributed by atoms with Crippen molar-refractivity contribution in [2.45, 2.75) is 20.0 Å². The molecule has 0 saturated heterocycles. The Morgan fingerprint density at radius 1 is 1.10 bits per heavy atom. The number of nitrogens with zero attached hydrogens (tertiary/aromatic N) is 4. The first kappa shape index (κ1) is 13.0. The summed E-state index contributed by atoms with van der Waals surface area (Å²) in [5.41, 5.74) is 3.70. The summed E-state index contributed by atoms with van der Waals surface area (Å²) in [4.78, 5) is 13.0. The first-order valence-corrected chi connectivity index (χ1v) is 6.70. The fourth-order valence-electron chi connectivity index (χ4n) is 1.93. The van der Waals surface area contributed by atoms with Gasteiger partial charge in [-0.1, -0.05) is 11.6 Å². The second kappa shape index (κ2) is 5.56. The van der Waals surface area contributed by atoms with E-state index in [-0.39, 0.29) is 0 Å². The van der Waals surface area contributed by atoms with E-state index in [1.165, 1.54) is 0 Å². The predicted octanol–water partition coefficient (Wildman–Crippen LogP) is 2.38. The van der Waals surface area contributed by atoms with Crippen LogP contribution in [0.3, 0.4) is 0 Å². The van der Waals surface area contributed by atoms with E-state index in [4.69, 9.17) is 11.6 Å². The number of rotatable bonds is 4. The minimum atomic E-state index is 0.669. The maximum Gasteiger partial charge on any atom is 0.137 e. The maximum absolute atomic E-state index is 5.95. The van der Waals surface area contributed by atoms with E-state index in [1.54, 1.807) is 12.4 Å². The molecule has 0 aromatic carbocycles. The quantitative estimate of drug-likeness (QED) is 0.800. The van der Waals surface area contributed by atoms with Gasteiger partial charge in [-0.3, -0.25) is 9.97 Å². The van der Waals surface area contributed by atoms with Crippen LogP contribution >= 0.6 is 11.6 Å². The average Bonchev–Trinajstić information content (AvgIpc) is 2.83. The van der Waals surface area contributed by atoms with Crippen LogP contribution in [0.1, 0.15) is 17.1 Å². The van der Waals surface area contributed by atoms with Gasteiger partial charge in [0.2, 0.25) is 0 Å². The van der Waals surface area contributed by atoms with E-state index in [9.17, 15) is 0 Å². The SMILES string of the molecule is Cc1cnc(CNCc2cn3cc(Cl)ccc3n2)cn1. The molecule has 3 rings (SSSR count). The Hall–Kier alpha value is -1.98. The van der Waals surface area contributed by atoms with Crippen LogP contribution < -0.4 is 5.32 Å². The molecular formula is C14H14ClN5. The zero-order chi connectivity index (χ0) is 13.9. The number of hydrogen-bond donors (Lipinski definition) is 1. The highest BCUT2D eigenvalue weighted by Gasteiger charge is 2.02. The van der Waals surface area contributed by atoms with Gasteiger partial charge in [-0.05, 0) is 19.1 Å². The van der Waals surface area contributed by atoms with Crippen molar-refractivity contribution in [2.24, 2.45) is 0 Å². The molecule has 1 N–H and O–H groups in total. The lowest BCUT2D eigenvalue weighted by Crippen LogP contribution is -2.14. The Balaban J connectivity index is 1.63. The largest absolute Gasteiger partial charge is 0.305 e. The van der Waals surface area contributed by atoms with Crippen molar-refractivity contribution in [1.82, 2.24) is 24.7 Å². The van der Waals surface area contributed by atoms with Crippen molar-refractivity contribution >= 4 is 17.2 Å². The lowest BCUT2D eigenvalue weighted by atomic mass is 10.4. The molecule has 0 radical (unpaired) electrons. The Kier molecular flexibility index (Phi) is 3.62. The third-order valence-corrected chi connectivity index (χ3v) is 3.14. The van der Waals surface area contributed by atoms with Gasteiger partial charge in [-0.15, -0.1) is 0 Å². The third kappa shape index (κ3) is 2.95. The Morgan fingerprint density at radius 2 is 1.95 bits per heavy atom. The van der Waals surface area contributed by atoms with E-state index < -0.39 is 0 Å². The van der Waals surface area contributed by atoms with Gasteiger partial charge >= 0.3 is 0 Å². The first-order chi connectivity index (χ1) is 9.70. The topological polar surface area (TPSA) is 55.1 Å². The number of fused-ring (bicyclic) bond motifs is 1. The molecule has 5 nitrogen and oxygen atoms in total. The lowest BCUT2D eigenvalue weighted by Gasteiger charge is -2.01. The van der Waals surface area contributed by atoms with Gasteiger partial charge in [0.15, 0.2) is 0 Å². The van der Waals surface area contributed by atoms with Gasteiger partial charge in [-0.2, -0.15) is 0 Å². The maximum atomic E-state index is 5.95. The molecule has 3 aromatic heterocycles. The minimum absolute atomic E-state index is 0.669. The molecule has 0 fully saturated rings. The van der Waals surface area contributed by atoms with Gasteiger partial charge in [-0.25, -0.2) is 4.98 Å². The molecule has 0 spiro atoms. The molecule has 0 unspecified atom stereocenters. The molecule has 0 aliphatic rings.